The van der Waals surface area contributed by atoms with Gasteiger partial charge in [0.25, 0.3) is 5.91 Å². The van der Waals surface area contributed by atoms with E-state index in [0.29, 0.717) is 20.7 Å². The molecule has 4 aliphatic rings. The first kappa shape index (κ1) is 22.0. The van der Waals surface area contributed by atoms with Gasteiger partial charge in [-0.2, -0.15) is 5.10 Å². The molecule has 0 saturated carbocycles. The maximum absolute atomic E-state index is 13.2. The number of aromatic nitrogens is 3. The zero-order valence-corrected chi connectivity index (χ0v) is 20.9. The third-order valence-corrected chi connectivity index (χ3v) is 8.72. The maximum atomic E-state index is 13.2. The number of hydrogen-bond acceptors (Lipinski definition) is 6. The smallest absolute Gasteiger partial charge is 0.252 e. The van der Waals surface area contributed by atoms with Crippen LogP contribution in [-0.2, 0) is 16.0 Å². The number of ether oxygens (including phenoxy) is 1. The third-order valence-electron chi connectivity index (χ3n) is 7.24. The highest BCUT2D eigenvalue weighted by molar-refractivity contribution is 7.51. The van der Waals surface area contributed by atoms with E-state index in [4.69, 9.17) is 9.84 Å². The minimum absolute atomic E-state index is 0.0287. The number of carbonyl (C=O) groups excluding carboxylic acids is 1. The number of rotatable bonds is 4. The largest absolute Gasteiger partial charge is 0.378 e. The number of piperazine rings is 1. The lowest BCUT2D eigenvalue weighted by atomic mass is 10.1. The van der Waals surface area contributed by atoms with Crippen molar-refractivity contribution < 1.29 is 9.53 Å². The summed E-state index contributed by atoms with van der Waals surface area (Å²) in [5, 5.41) is 5.81. The molecule has 9 heteroatoms. The van der Waals surface area contributed by atoms with Crippen molar-refractivity contribution in [3.8, 4) is 0 Å². The Morgan fingerprint density at radius 2 is 2.12 bits per heavy atom. The summed E-state index contributed by atoms with van der Waals surface area (Å²) < 4.78 is 7.30. The Morgan fingerprint density at radius 3 is 2.85 bits per heavy atom. The van der Waals surface area contributed by atoms with Crippen LogP contribution in [0.15, 0.2) is 42.4 Å². The fourth-order valence-corrected chi connectivity index (χ4v) is 6.67. The highest BCUT2D eigenvalue weighted by Gasteiger charge is 2.35. The molecule has 2 fully saturated rings. The Bertz CT molecular complexity index is 1230. The molecule has 2 aromatic heterocycles. The van der Waals surface area contributed by atoms with Crippen LogP contribution in [0.4, 0.5) is 0 Å². The van der Waals surface area contributed by atoms with E-state index >= 15 is 0 Å². The molecule has 8 nitrogen and oxygen atoms in total. The molecule has 0 aromatic carbocycles. The molecule has 34 heavy (non-hydrogen) atoms. The van der Waals surface area contributed by atoms with E-state index in [0.717, 1.165) is 72.9 Å². The summed E-state index contributed by atoms with van der Waals surface area (Å²) in [4.78, 5) is 24.7. The molecule has 0 N–H and O–H groups in total. The molecule has 6 rings (SSSR count). The van der Waals surface area contributed by atoms with E-state index in [-0.39, 0.29) is 11.7 Å². The van der Waals surface area contributed by atoms with Crippen LogP contribution in [-0.4, -0.2) is 85.9 Å². The third kappa shape index (κ3) is 3.78. The van der Waals surface area contributed by atoms with Gasteiger partial charge in [-0.3, -0.25) is 14.7 Å². The second-order valence-corrected chi connectivity index (χ2v) is 11.0. The number of carbonyl (C=O) groups is 1. The van der Waals surface area contributed by atoms with Gasteiger partial charge in [0.1, 0.15) is 0 Å². The first-order chi connectivity index (χ1) is 16.5. The maximum Gasteiger partial charge on any atom is 0.252 e. The average Bonchev–Trinajstić information content (AvgIpc) is 3.22. The molecule has 3 atom stereocenters. The van der Waals surface area contributed by atoms with Crippen LogP contribution in [0.5, 0.6) is 0 Å². The highest BCUT2D eigenvalue weighted by Crippen LogP contribution is 2.44. The van der Waals surface area contributed by atoms with E-state index in [9.17, 15) is 4.79 Å². The fourth-order valence-electron chi connectivity index (χ4n) is 5.34. The number of nitrogens with zero attached hydrogens (tertiary/aromatic N) is 6. The van der Waals surface area contributed by atoms with Crippen LogP contribution < -0.4 is 0 Å². The first-order valence-electron chi connectivity index (χ1n) is 12.2. The van der Waals surface area contributed by atoms with Crippen molar-refractivity contribution in [3.05, 3.63) is 59.5 Å². The van der Waals surface area contributed by atoms with Crippen molar-refractivity contribution in [1.82, 2.24) is 29.3 Å². The second-order valence-electron chi connectivity index (χ2n) is 9.57. The predicted octanol–water partition coefficient (Wildman–Crippen LogP) is 2.60. The molecule has 4 aliphatic heterocycles. The van der Waals surface area contributed by atoms with Crippen LogP contribution in [0.1, 0.15) is 30.9 Å². The van der Waals surface area contributed by atoms with Crippen LogP contribution in [0.25, 0.3) is 10.8 Å². The average molecular weight is 479 g/mol. The molecule has 2 aromatic rings. The number of aryl methyl sites for hydroxylation is 2. The molecule has 1 amide bonds. The van der Waals surface area contributed by atoms with Crippen LogP contribution in [0, 0.1) is 6.92 Å². The molecule has 0 aliphatic carbocycles. The number of fused-ring (bicyclic) bond motifs is 2. The van der Waals surface area contributed by atoms with E-state index < -0.39 is 0 Å². The second kappa shape index (κ2) is 8.59. The van der Waals surface area contributed by atoms with E-state index in [1.165, 1.54) is 0 Å². The van der Waals surface area contributed by atoms with E-state index in [2.05, 4.69) is 46.8 Å². The lowest BCUT2D eigenvalue weighted by molar-refractivity contribution is -0.123. The van der Waals surface area contributed by atoms with E-state index in [1.807, 2.05) is 28.7 Å². The van der Waals surface area contributed by atoms with Gasteiger partial charge in [-0.05, 0) is 32.4 Å². The van der Waals surface area contributed by atoms with Gasteiger partial charge in [-0.15, -0.1) is 0 Å². The summed E-state index contributed by atoms with van der Waals surface area (Å²) in [5.41, 5.74) is 5.01. The fraction of sp³-hybridized carbons (Fsp3) is 0.480. The van der Waals surface area contributed by atoms with Gasteiger partial charge < -0.3 is 14.5 Å². The van der Waals surface area contributed by atoms with Crippen molar-refractivity contribution >= 4 is 25.3 Å². The highest BCUT2D eigenvalue weighted by atomic mass is 31.1. The quantitative estimate of drug-likeness (QED) is 0.630. The van der Waals surface area contributed by atoms with Gasteiger partial charge in [-0.1, -0.05) is 21.6 Å². The number of amides is 1. The molecule has 2 unspecified atom stereocenters. The molecule has 0 bridgehead atoms. The molecule has 2 saturated heterocycles. The van der Waals surface area contributed by atoms with Crippen molar-refractivity contribution in [1.29, 1.82) is 0 Å². The summed E-state index contributed by atoms with van der Waals surface area (Å²) in [7, 11) is 0.457. The zero-order valence-electron chi connectivity index (χ0n) is 19.9. The Morgan fingerprint density at radius 1 is 1.26 bits per heavy atom. The summed E-state index contributed by atoms with van der Waals surface area (Å²) in [5.74, 6) is 0.0818. The topological polar surface area (TPSA) is 66.2 Å². The molecule has 0 radical (unpaired) electrons. The van der Waals surface area contributed by atoms with Crippen molar-refractivity contribution in [3.63, 3.8) is 0 Å². The molecule has 6 heterocycles. The van der Waals surface area contributed by atoms with Gasteiger partial charge in [0, 0.05) is 43.3 Å². The Balaban J connectivity index is 1.21. The minimum Gasteiger partial charge on any atom is -0.378 e. The first-order valence-corrected chi connectivity index (χ1v) is 13.2. The number of hydrogen-bond donors (Lipinski definition) is 0. The van der Waals surface area contributed by atoms with Gasteiger partial charge in [0.2, 0.25) is 0 Å². The lowest BCUT2D eigenvalue weighted by Crippen LogP contribution is -2.60. The summed E-state index contributed by atoms with van der Waals surface area (Å²) in [6.45, 7) is 11.1. The molecule has 0 spiro atoms. The van der Waals surface area contributed by atoms with Gasteiger partial charge >= 0.3 is 0 Å². The van der Waals surface area contributed by atoms with Crippen LogP contribution in [0.3, 0.4) is 0 Å². The molecular formula is C25H31N6O2P. The number of allylic oxidation sites excluding steroid dienone is 1. The lowest BCUT2D eigenvalue weighted by Gasteiger charge is -2.48. The minimum atomic E-state index is 0.0287. The van der Waals surface area contributed by atoms with Crippen molar-refractivity contribution in [2.75, 3.05) is 32.8 Å². The summed E-state index contributed by atoms with van der Waals surface area (Å²) >= 11 is 0. The van der Waals surface area contributed by atoms with Crippen LogP contribution in [0.2, 0.25) is 0 Å². The van der Waals surface area contributed by atoms with Crippen molar-refractivity contribution in [2.45, 2.75) is 45.1 Å². The monoisotopic (exact) mass is 478 g/mol. The Kier molecular flexibility index (Phi) is 5.55. The van der Waals surface area contributed by atoms with E-state index in [1.54, 1.807) is 6.08 Å². The zero-order chi connectivity index (χ0) is 23.4. The molecular weight excluding hydrogens is 447 g/mol. The van der Waals surface area contributed by atoms with Crippen molar-refractivity contribution in [2.24, 2.45) is 0 Å². The summed E-state index contributed by atoms with van der Waals surface area (Å²) in [6.07, 6.45) is 11.0. The molecule has 178 valence electrons. The Labute approximate surface area is 201 Å². The predicted molar refractivity (Wildman–Crippen MR) is 134 cm³/mol. The Hall–Kier alpha value is -2.54. The van der Waals surface area contributed by atoms with Gasteiger partial charge in [-0.25, -0.2) is 4.52 Å². The normalized spacial score (nSPS) is 26.6. The van der Waals surface area contributed by atoms with Gasteiger partial charge in [0.15, 0.2) is 0 Å². The summed E-state index contributed by atoms with van der Waals surface area (Å²) in [6, 6.07) is 3.12. The standard InChI is InChI=1S/C25H31N6O2P/c1-4-20-22-9-21(27-31(22)11-16(2)26-20)23-10-24(32)30-13-18(5-6-25(30)34-23)28-7-8-29(17(3)12-28)19-14-33-15-19/h5-6,9-11,13,17,19,25,34H,4,7-8,12,14-15H2,1-3H3/t17-,25?/m1/s1. The van der Waals surface area contributed by atoms with Gasteiger partial charge in [0.05, 0.1) is 59.5 Å². The van der Waals surface area contributed by atoms with Crippen LogP contribution >= 0.6 is 8.58 Å². The SMILES string of the molecule is CCc1nc(C)cn2nc(C3=CC(=O)N4C=C(N5CCN(C6COC6)[C@H](C)C5)C=CC4P3)cc12.